The summed E-state index contributed by atoms with van der Waals surface area (Å²) in [5, 5.41) is 10.3. The van der Waals surface area contributed by atoms with Gasteiger partial charge in [0.15, 0.2) is 0 Å². The summed E-state index contributed by atoms with van der Waals surface area (Å²) in [5.41, 5.74) is 2.77. The fraction of sp³-hybridized carbons (Fsp3) is 0.774. The molecular weight excluding hydrogens is 437 g/mol. The van der Waals surface area contributed by atoms with Crippen LogP contribution in [0.2, 0.25) is 0 Å². The first-order chi connectivity index (χ1) is 16.8. The maximum absolute atomic E-state index is 13.8. The molecule has 0 spiro atoms. The van der Waals surface area contributed by atoms with E-state index in [1.54, 1.807) is 0 Å². The molecule has 1 aromatic rings. The van der Waals surface area contributed by atoms with Gasteiger partial charge < -0.3 is 10.0 Å². The lowest BCUT2D eigenvalue weighted by molar-refractivity contribution is -0.127. The zero-order chi connectivity index (χ0) is 24.4. The minimum atomic E-state index is -0.253. The van der Waals surface area contributed by atoms with Crippen LogP contribution in [0.1, 0.15) is 96.5 Å². The predicted octanol–water partition coefficient (Wildman–Crippen LogP) is 6.90. The molecule has 0 saturated heterocycles. The summed E-state index contributed by atoms with van der Waals surface area (Å²) in [6.45, 7) is 5.86. The van der Waals surface area contributed by atoms with E-state index in [1.807, 2.05) is 11.0 Å². The standard InChI is InChI=1S/C31H44FNO2/c1-30-16-13-27-25(10-7-22-18-24(34)12-15-31(22,27)2)26(30)11-8-21(30)4-3-5-29(35)33-17-14-20-6-9-23(32)19-28(20)33/h6,9,19,21-22,24-27,34H,3-5,7-8,10-18H2,1-2H3/t21?,22?,24-,25?,26?,27?,30?,31?/m1/s1. The smallest absolute Gasteiger partial charge is 0.226 e. The minimum Gasteiger partial charge on any atom is -0.393 e. The van der Waals surface area contributed by atoms with Gasteiger partial charge in [0.2, 0.25) is 5.91 Å². The molecule has 4 saturated carbocycles. The van der Waals surface area contributed by atoms with Crippen molar-refractivity contribution in [2.24, 2.45) is 40.4 Å². The Morgan fingerprint density at radius 3 is 2.71 bits per heavy atom. The highest BCUT2D eigenvalue weighted by atomic mass is 19.1. The van der Waals surface area contributed by atoms with E-state index in [0.29, 0.717) is 23.8 Å². The van der Waals surface area contributed by atoms with E-state index in [0.717, 1.165) is 72.9 Å². The van der Waals surface area contributed by atoms with E-state index in [1.165, 1.54) is 57.1 Å². The van der Waals surface area contributed by atoms with Crippen molar-refractivity contribution in [1.29, 1.82) is 0 Å². The third-order valence-electron chi connectivity index (χ3n) is 12.0. The molecule has 3 nitrogen and oxygen atoms in total. The molecule has 1 heterocycles. The van der Waals surface area contributed by atoms with Gasteiger partial charge in [0.25, 0.3) is 0 Å². The van der Waals surface area contributed by atoms with Crippen LogP contribution in [0.15, 0.2) is 18.2 Å². The first-order valence-electron chi connectivity index (χ1n) is 14.6. The quantitative estimate of drug-likeness (QED) is 0.508. The maximum Gasteiger partial charge on any atom is 0.226 e. The Morgan fingerprint density at radius 2 is 1.86 bits per heavy atom. The van der Waals surface area contributed by atoms with Crippen molar-refractivity contribution < 1.29 is 14.3 Å². The van der Waals surface area contributed by atoms with Gasteiger partial charge in [-0.05, 0) is 135 Å². The van der Waals surface area contributed by atoms with Crippen LogP contribution in [-0.4, -0.2) is 23.7 Å². The molecule has 5 aliphatic rings. The number of nitrogens with zero attached hydrogens (tertiary/aromatic N) is 1. The predicted molar refractivity (Wildman–Crippen MR) is 138 cm³/mol. The van der Waals surface area contributed by atoms with Crippen molar-refractivity contribution in [2.45, 2.75) is 103 Å². The summed E-state index contributed by atoms with van der Waals surface area (Å²) >= 11 is 0. The third kappa shape index (κ3) is 3.88. The lowest BCUT2D eigenvalue weighted by atomic mass is 9.44. The monoisotopic (exact) mass is 481 g/mol. The van der Waals surface area contributed by atoms with Crippen LogP contribution in [0.5, 0.6) is 0 Å². The SMILES string of the molecule is CC12CCC3C(CCC4C[C@H](O)CCC43C)C1CCC2CCCC(=O)N1CCc2ccc(F)cc21. The number of halogens is 1. The summed E-state index contributed by atoms with van der Waals surface area (Å²) in [6, 6.07) is 4.86. The summed E-state index contributed by atoms with van der Waals surface area (Å²) in [4.78, 5) is 14.8. The summed E-state index contributed by atoms with van der Waals surface area (Å²) < 4.78 is 13.8. The topological polar surface area (TPSA) is 40.5 Å². The Bertz CT molecular complexity index is 979. The van der Waals surface area contributed by atoms with E-state index in [-0.39, 0.29) is 17.8 Å². The highest BCUT2D eigenvalue weighted by molar-refractivity contribution is 5.95. The molecule has 4 fully saturated rings. The minimum absolute atomic E-state index is 0.0647. The maximum atomic E-state index is 13.8. The first-order valence-corrected chi connectivity index (χ1v) is 14.6. The van der Waals surface area contributed by atoms with Crippen molar-refractivity contribution in [2.75, 3.05) is 11.4 Å². The van der Waals surface area contributed by atoms with E-state index >= 15 is 0 Å². The number of fused-ring (bicyclic) bond motifs is 6. The van der Waals surface area contributed by atoms with Gasteiger partial charge in [-0.1, -0.05) is 19.9 Å². The molecule has 7 unspecified atom stereocenters. The Kier molecular flexibility index (Phi) is 6.06. The Morgan fingerprint density at radius 1 is 1.06 bits per heavy atom. The van der Waals surface area contributed by atoms with Gasteiger partial charge in [-0.15, -0.1) is 0 Å². The summed E-state index contributed by atoms with van der Waals surface area (Å²) in [5.74, 6) is 3.95. The molecule has 1 N–H and O–H groups in total. The highest BCUT2D eigenvalue weighted by Crippen LogP contribution is 2.67. The molecule has 4 heteroatoms. The highest BCUT2D eigenvalue weighted by Gasteiger charge is 2.59. The van der Waals surface area contributed by atoms with E-state index in [4.69, 9.17) is 0 Å². The molecule has 192 valence electrons. The normalized spacial score (nSPS) is 42.2. The number of aliphatic hydroxyl groups is 1. The molecule has 1 aromatic carbocycles. The number of hydrogen-bond donors (Lipinski definition) is 1. The van der Waals surface area contributed by atoms with Gasteiger partial charge in [-0.25, -0.2) is 4.39 Å². The number of hydrogen-bond acceptors (Lipinski definition) is 2. The van der Waals surface area contributed by atoms with E-state index in [9.17, 15) is 14.3 Å². The molecule has 8 atom stereocenters. The molecule has 0 radical (unpaired) electrons. The lowest BCUT2D eigenvalue weighted by Crippen LogP contribution is -2.53. The molecule has 0 aromatic heterocycles. The molecule has 6 rings (SSSR count). The van der Waals surface area contributed by atoms with Crippen LogP contribution < -0.4 is 4.90 Å². The summed E-state index contributed by atoms with van der Waals surface area (Å²) in [7, 11) is 0. The van der Waals surface area contributed by atoms with Gasteiger partial charge in [0.05, 0.1) is 6.10 Å². The number of anilines is 1. The second kappa shape index (κ2) is 8.85. The van der Waals surface area contributed by atoms with Crippen LogP contribution in [0.3, 0.4) is 0 Å². The van der Waals surface area contributed by atoms with Crippen molar-refractivity contribution in [3.05, 3.63) is 29.6 Å². The van der Waals surface area contributed by atoms with Crippen LogP contribution in [0.25, 0.3) is 0 Å². The van der Waals surface area contributed by atoms with Crippen molar-refractivity contribution >= 4 is 11.6 Å². The van der Waals surface area contributed by atoms with Crippen molar-refractivity contribution in [3.63, 3.8) is 0 Å². The fourth-order valence-corrected chi connectivity index (χ4v) is 10.1. The number of amides is 1. The van der Waals surface area contributed by atoms with E-state index < -0.39 is 0 Å². The van der Waals surface area contributed by atoms with Gasteiger partial charge in [0, 0.05) is 18.7 Å². The number of rotatable bonds is 4. The number of carbonyl (C=O) groups excluding carboxylic acids is 1. The average molecular weight is 482 g/mol. The Labute approximate surface area is 210 Å². The van der Waals surface area contributed by atoms with Crippen molar-refractivity contribution in [1.82, 2.24) is 0 Å². The van der Waals surface area contributed by atoms with Gasteiger partial charge in [-0.3, -0.25) is 4.79 Å². The van der Waals surface area contributed by atoms with Gasteiger partial charge in [-0.2, -0.15) is 0 Å². The average Bonchev–Trinajstić information content (AvgIpc) is 3.40. The van der Waals surface area contributed by atoms with Crippen LogP contribution in [-0.2, 0) is 11.2 Å². The summed E-state index contributed by atoms with van der Waals surface area (Å²) in [6.07, 6.45) is 14.8. The number of carbonyl (C=O) groups is 1. The molecule has 0 bridgehead atoms. The molecule has 1 amide bonds. The zero-order valence-electron chi connectivity index (χ0n) is 21.8. The van der Waals surface area contributed by atoms with Crippen molar-refractivity contribution in [3.8, 4) is 0 Å². The zero-order valence-corrected chi connectivity index (χ0v) is 21.8. The Balaban J connectivity index is 1.08. The third-order valence-corrected chi connectivity index (χ3v) is 12.0. The first kappa shape index (κ1) is 23.9. The Hall–Kier alpha value is -1.42. The lowest BCUT2D eigenvalue weighted by Gasteiger charge is -2.61. The molecule has 1 aliphatic heterocycles. The van der Waals surface area contributed by atoms with Crippen LogP contribution in [0, 0.1) is 46.2 Å². The number of aliphatic hydroxyl groups excluding tert-OH is 1. The number of benzene rings is 1. The van der Waals surface area contributed by atoms with Gasteiger partial charge in [0.1, 0.15) is 5.82 Å². The van der Waals surface area contributed by atoms with Crippen LogP contribution >= 0.6 is 0 Å². The van der Waals surface area contributed by atoms with E-state index in [2.05, 4.69) is 13.8 Å². The fourth-order valence-electron chi connectivity index (χ4n) is 10.1. The largest absolute Gasteiger partial charge is 0.393 e. The second-order valence-electron chi connectivity index (χ2n) is 13.4. The molecule has 35 heavy (non-hydrogen) atoms. The molecular formula is C31H44FNO2. The van der Waals surface area contributed by atoms with Gasteiger partial charge >= 0.3 is 0 Å². The van der Waals surface area contributed by atoms with Crippen LogP contribution in [0.4, 0.5) is 10.1 Å². The second-order valence-corrected chi connectivity index (χ2v) is 13.4. The molecule has 4 aliphatic carbocycles.